The van der Waals surface area contributed by atoms with Crippen LogP contribution in [0.5, 0.6) is 0 Å². The highest BCUT2D eigenvalue weighted by molar-refractivity contribution is 5.93. The van der Waals surface area contributed by atoms with Gasteiger partial charge in [-0.3, -0.25) is 4.79 Å². The zero-order chi connectivity index (χ0) is 16.0. The normalized spacial score (nSPS) is 20.3. The second-order valence-electron chi connectivity index (χ2n) is 6.65. The molecule has 118 valence electrons. The van der Waals surface area contributed by atoms with E-state index in [1.807, 2.05) is 24.0 Å². The van der Waals surface area contributed by atoms with E-state index in [0.717, 1.165) is 37.3 Å². The van der Waals surface area contributed by atoms with Crippen molar-refractivity contribution in [1.82, 2.24) is 14.9 Å². The smallest absolute Gasteiger partial charge is 0.273 e. The van der Waals surface area contributed by atoms with Crippen LogP contribution in [-0.2, 0) is 6.42 Å². The third-order valence-corrected chi connectivity index (χ3v) is 4.89. The highest BCUT2D eigenvalue weighted by Crippen LogP contribution is 2.38. The van der Waals surface area contributed by atoms with Crippen LogP contribution in [0.1, 0.15) is 64.9 Å². The zero-order valence-corrected chi connectivity index (χ0v) is 13.6. The fourth-order valence-electron chi connectivity index (χ4n) is 3.42. The zero-order valence-electron chi connectivity index (χ0n) is 13.6. The van der Waals surface area contributed by atoms with Gasteiger partial charge < -0.3 is 4.90 Å². The Morgan fingerprint density at radius 3 is 2.78 bits per heavy atom. The Kier molecular flexibility index (Phi) is 3.40. The molecule has 0 bridgehead atoms. The van der Waals surface area contributed by atoms with Gasteiger partial charge in [0.2, 0.25) is 0 Å². The van der Waals surface area contributed by atoms with E-state index in [1.54, 1.807) is 0 Å². The van der Waals surface area contributed by atoms with Gasteiger partial charge in [-0.25, -0.2) is 9.97 Å². The Morgan fingerprint density at radius 2 is 2.00 bits per heavy atom. The maximum atomic E-state index is 13.0. The SMILES string of the molecule is Cc1cc(C(=O)N2CCc3ccccc3[C@H]2C)nc(C2CC2)n1. The minimum Gasteiger partial charge on any atom is -0.330 e. The van der Waals surface area contributed by atoms with Crippen LogP contribution in [0, 0.1) is 6.92 Å². The average molecular weight is 307 g/mol. The first-order chi connectivity index (χ1) is 11.1. The van der Waals surface area contributed by atoms with Crippen molar-refractivity contribution >= 4 is 5.91 Å². The molecule has 1 amide bonds. The molecule has 1 saturated carbocycles. The molecular formula is C19H21N3O. The van der Waals surface area contributed by atoms with Gasteiger partial charge in [-0.05, 0) is 50.3 Å². The standard InChI is InChI=1S/C19H21N3O/c1-12-11-17(21-18(20-12)15-7-8-15)19(23)22-10-9-14-5-3-4-6-16(14)13(22)2/h3-6,11,13,15H,7-10H2,1-2H3/t13-/m1/s1. The Bertz CT molecular complexity index is 767. The molecule has 1 aliphatic carbocycles. The van der Waals surface area contributed by atoms with E-state index >= 15 is 0 Å². The number of rotatable bonds is 2. The first-order valence-electron chi connectivity index (χ1n) is 8.38. The molecule has 1 aromatic carbocycles. The molecule has 23 heavy (non-hydrogen) atoms. The molecule has 4 rings (SSSR count). The summed E-state index contributed by atoms with van der Waals surface area (Å²) in [5.74, 6) is 1.33. The predicted molar refractivity (Wildman–Crippen MR) is 88.3 cm³/mol. The molecule has 1 atom stereocenters. The van der Waals surface area contributed by atoms with E-state index < -0.39 is 0 Å². The lowest BCUT2D eigenvalue weighted by atomic mass is 9.93. The van der Waals surface area contributed by atoms with E-state index in [4.69, 9.17) is 0 Å². The summed E-state index contributed by atoms with van der Waals surface area (Å²) in [6.07, 6.45) is 3.20. The predicted octanol–water partition coefficient (Wildman–Crippen LogP) is 3.42. The minimum atomic E-state index is 0.0272. The number of hydrogen-bond donors (Lipinski definition) is 0. The molecule has 2 aromatic rings. The van der Waals surface area contributed by atoms with Crippen LogP contribution < -0.4 is 0 Å². The van der Waals surface area contributed by atoms with Crippen molar-refractivity contribution in [1.29, 1.82) is 0 Å². The highest BCUT2D eigenvalue weighted by Gasteiger charge is 2.31. The van der Waals surface area contributed by atoms with Crippen LogP contribution in [0.15, 0.2) is 30.3 Å². The fraction of sp³-hybridized carbons (Fsp3) is 0.421. The molecule has 1 fully saturated rings. The van der Waals surface area contributed by atoms with Crippen LogP contribution in [0.2, 0.25) is 0 Å². The second-order valence-corrected chi connectivity index (χ2v) is 6.65. The monoisotopic (exact) mass is 307 g/mol. The average Bonchev–Trinajstić information content (AvgIpc) is 3.39. The van der Waals surface area contributed by atoms with Gasteiger partial charge in [0.1, 0.15) is 11.5 Å². The van der Waals surface area contributed by atoms with Gasteiger partial charge in [-0.2, -0.15) is 0 Å². The van der Waals surface area contributed by atoms with Crippen LogP contribution in [0.3, 0.4) is 0 Å². The minimum absolute atomic E-state index is 0.0272. The summed E-state index contributed by atoms with van der Waals surface area (Å²) in [6, 6.07) is 10.3. The number of nitrogens with zero attached hydrogens (tertiary/aromatic N) is 3. The van der Waals surface area contributed by atoms with Crippen molar-refractivity contribution in [2.75, 3.05) is 6.54 Å². The largest absolute Gasteiger partial charge is 0.330 e. The van der Waals surface area contributed by atoms with Gasteiger partial charge in [0.25, 0.3) is 5.91 Å². The van der Waals surface area contributed by atoms with E-state index in [1.165, 1.54) is 11.1 Å². The number of carbonyl (C=O) groups is 1. The van der Waals surface area contributed by atoms with Crippen molar-refractivity contribution < 1.29 is 4.79 Å². The topological polar surface area (TPSA) is 46.1 Å². The molecule has 4 nitrogen and oxygen atoms in total. The molecule has 0 saturated heterocycles. The molecule has 1 aromatic heterocycles. The summed E-state index contributed by atoms with van der Waals surface area (Å²) in [7, 11) is 0. The second kappa shape index (κ2) is 5.44. The first-order valence-corrected chi connectivity index (χ1v) is 8.38. The quantitative estimate of drug-likeness (QED) is 0.854. The Balaban J connectivity index is 1.65. The number of hydrogen-bond acceptors (Lipinski definition) is 3. The number of fused-ring (bicyclic) bond motifs is 1. The van der Waals surface area contributed by atoms with Crippen LogP contribution in [0.4, 0.5) is 0 Å². The lowest BCUT2D eigenvalue weighted by molar-refractivity contribution is 0.0671. The molecular weight excluding hydrogens is 286 g/mol. The summed E-state index contributed by atoms with van der Waals surface area (Å²) >= 11 is 0. The summed E-state index contributed by atoms with van der Waals surface area (Å²) < 4.78 is 0. The third-order valence-electron chi connectivity index (χ3n) is 4.89. The fourth-order valence-corrected chi connectivity index (χ4v) is 3.42. The van der Waals surface area contributed by atoms with E-state index in [0.29, 0.717) is 11.6 Å². The van der Waals surface area contributed by atoms with Gasteiger partial charge >= 0.3 is 0 Å². The molecule has 2 aliphatic rings. The Morgan fingerprint density at radius 1 is 1.22 bits per heavy atom. The lowest BCUT2D eigenvalue weighted by Gasteiger charge is -2.35. The van der Waals surface area contributed by atoms with E-state index in [-0.39, 0.29) is 11.9 Å². The van der Waals surface area contributed by atoms with Gasteiger partial charge in [0.05, 0.1) is 6.04 Å². The molecule has 0 radical (unpaired) electrons. The number of aryl methyl sites for hydroxylation is 1. The Labute approximate surface area is 136 Å². The Hall–Kier alpha value is -2.23. The van der Waals surface area contributed by atoms with Gasteiger partial charge in [0, 0.05) is 18.2 Å². The number of benzene rings is 1. The van der Waals surface area contributed by atoms with Gasteiger partial charge in [-0.15, -0.1) is 0 Å². The van der Waals surface area contributed by atoms with Crippen LogP contribution in [-0.4, -0.2) is 27.3 Å². The van der Waals surface area contributed by atoms with Gasteiger partial charge in [0.15, 0.2) is 0 Å². The summed E-state index contributed by atoms with van der Waals surface area (Å²) in [5, 5.41) is 0. The number of amides is 1. The van der Waals surface area contributed by atoms with E-state index in [9.17, 15) is 4.79 Å². The maximum absolute atomic E-state index is 13.0. The van der Waals surface area contributed by atoms with Crippen molar-refractivity contribution in [2.24, 2.45) is 0 Å². The van der Waals surface area contributed by atoms with E-state index in [2.05, 4.69) is 35.1 Å². The third kappa shape index (κ3) is 2.62. The molecule has 0 unspecified atom stereocenters. The van der Waals surface area contributed by atoms with Crippen molar-refractivity contribution in [3.05, 3.63) is 58.7 Å². The molecule has 2 heterocycles. The molecule has 4 heteroatoms. The molecule has 0 N–H and O–H groups in total. The van der Waals surface area contributed by atoms with Crippen molar-refractivity contribution in [3.63, 3.8) is 0 Å². The van der Waals surface area contributed by atoms with Crippen molar-refractivity contribution in [2.45, 2.75) is 45.1 Å². The van der Waals surface area contributed by atoms with Crippen molar-refractivity contribution in [3.8, 4) is 0 Å². The summed E-state index contributed by atoms with van der Waals surface area (Å²) in [4.78, 5) is 24.0. The summed E-state index contributed by atoms with van der Waals surface area (Å²) in [6.45, 7) is 4.80. The maximum Gasteiger partial charge on any atom is 0.273 e. The molecule has 1 aliphatic heterocycles. The lowest BCUT2D eigenvalue weighted by Crippen LogP contribution is -2.39. The van der Waals surface area contributed by atoms with Gasteiger partial charge in [-0.1, -0.05) is 24.3 Å². The number of aromatic nitrogens is 2. The van der Waals surface area contributed by atoms with Crippen LogP contribution >= 0.6 is 0 Å². The highest BCUT2D eigenvalue weighted by atomic mass is 16.2. The first kappa shape index (κ1) is 14.4. The number of carbonyl (C=O) groups excluding carboxylic acids is 1. The van der Waals surface area contributed by atoms with Crippen LogP contribution in [0.25, 0.3) is 0 Å². The summed E-state index contributed by atoms with van der Waals surface area (Å²) in [5.41, 5.74) is 4.03. The molecule has 0 spiro atoms.